The molecular formula is C11H8ClF2N3O3. The van der Waals surface area contributed by atoms with Crippen LogP contribution in [-0.4, -0.2) is 19.7 Å². The average Bonchev–Trinajstić information content (AvgIpc) is 2.39. The van der Waals surface area contributed by atoms with Gasteiger partial charge in [0.15, 0.2) is 0 Å². The summed E-state index contributed by atoms with van der Waals surface area (Å²) in [6.07, 6.45) is 1.06. The van der Waals surface area contributed by atoms with Crippen molar-refractivity contribution in [3.05, 3.63) is 44.9 Å². The molecule has 0 bridgehead atoms. The highest BCUT2D eigenvalue weighted by Gasteiger charge is 2.13. The SMILES string of the molecule is COC(=O)C(=Cc1ccc(Cl)cc1OC(F)F)N=[N+]=[N-]. The highest BCUT2D eigenvalue weighted by molar-refractivity contribution is 6.30. The molecule has 0 heterocycles. The van der Waals surface area contributed by atoms with E-state index >= 15 is 0 Å². The van der Waals surface area contributed by atoms with E-state index in [-0.39, 0.29) is 16.3 Å². The van der Waals surface area contributed by atoms with E-state index in [9.17, 15) is 13.6 Å². The average molecular weight is 304 g/mol. The van der Waals surface area contributed by atoms with E-state index in [0.717, 1.165) is 19.3 Å². The Balaban J connectivity index is 3.29. The summed E-state index contributed by atoms with van der Waals surface area (Å²) in [5, 5.41) is 3.29. The summed E-state index contributed by atoms with van der Waals surface area (Å²) in [6, 6.07) is 3.87. The van der Waals surface area contributed by atoms with Crippen LogP contribution in [0.25, 0.3) is 16.5 Å². The first kappa shape index (κ1) is 15.7. The smallest absolute Gasteiger partial charge is 0.387 e. The quantitative estimate of drug-likeness (QED) is 0.273. The van der Waals surface area contributed by atoms with Crippen LogP contribution in [0.2, 0.25) is 5.02 Å². The van der Waals surface area contributed by atoms with Gasteiger partial charge in [0.1, 0.15) is 11.4 Å². The number of hydrogen-bond acceptors (Lipinski definition) is 4. The van der Waals surface area contributed by atoms with Crippen molar-refractivity contribution >= 4 is 23.6 Å². The molecular weight excluding hydrogens is 296 g/mol. The fraction of sp³-hybridized carbons (Fsp3) is 0.182. The normalized spacial score (nSPS) is 10.9. The maximum atomic E-state index is 12.3. The molecule has 0 saturated carbocycles. The van der Waals surface area contributed by atoms with E-state index in [1.165, 1.54) is 12.1 Å². The number of ether oxygens (including phenoxy) is 2. The minimum absolute atomic E-state index is 0.0856. The Labute approximate surface area is 117 Å². The lowest BCUT2D eigenvalue weighted by Crippen LogP contribution is -2.05. The lowest BCUT2D eigenvalue weighted by atomic mass is 10.1. The summed E-state index contributed by atoms with van der Waals surface area (Å²) in [6.45, 7) is -3.07. The third-order valence-corrected chi connectivity index (χ3v) is 2.27. The molecule has 106 valence electrons. The Morgan fingerprint density at radius 2 is 2.25 bits per heavy atom. The molecule has 6 nitrogen and oxygen atoms in total. The second-order valence-corrected chi connectivity index (χ2v) is 3.71. The Bertz CT molecular complexity index is 586. The van der Waals surface area contributed by atoms with Crippen molar-refractivity contribution in [1.29, 1.82) is 0 Å². The lowest BCUT2D eigenvalue weighted by Gasteiger charge is -2.09. The van der Waals surface area contributed by atoms with Gasteiger partial charge in [0.05, 0.1) is 7.11 Å². The number of methoxy groups -OCH3 is 1. The van der Waals surface area contributed by atoms with Gasteiger partial charge in [-0.25, -0.2) is 4.79 Å². The van der Waals surface area contributed by atoms with E-state index < -0.39 is 18.3 Å². The molecule has 0 aromatic heterocycles. The van der Waals surface area contributed by atoms with Crippen LogP contribution < -0.4 is 4.74 Å². The summed E-state index contributed by atoms with van der Waals surface area (Å²) in [5.74, 6) is -1.18. The van der Waals surface area contributed by atoms with Crippen LogP contribution in [0.5, 0.6) is 5.75 Å². The van der Waals surface area contributed by atoms with Crippen molar-refractivity contribution in [1.82, 2.24) is 0 Å². The maximum absolute atomic E-state index is 12.3. The van der Waals surface area contributed by atoms with Crippen molar-refractivity contribution in [3.63, 3.8) is 0 Å². The lowest BCUT2D eigenvalue weighted by molar-refractivity contribution is -0.136. The van der Waals surface area contributed by atoms with Gasteiger partial charge in [-0.15, -0.1) is 0 Å². The van der Waals surface area contributed by atoms with Gasteiger partial charge in [-0.1, -0.05) is 16.7 Å². The first-order chi connectivity index (χ1) is 9.47. The van der Waals surface area contributed by atoms with Gasteiger partial charge >= 0.3 is 12.6 Å². The summed E-state index contributed by atoms with van der Waals surface area (Å²) < 4.78 is 33.2. The molecule has 1 rings (SSSR count). The van der Waals surface area contributed by atoms with Gasteiger partial charge in [0.2, 0.25) is 0 Å². The van der Waals surface area contributed by atoms with Gasteiger partial charge in [0.25, 0.3) is 0 Å². The largest absolute Gasteiger partial charge is 0.466 e. The van der Waals surface area contributed by atoms with E-state index in [1.54, 1.807) is 0 Å². The fourth-order valence-electron chi connectivity index (χ4n) is 1.25. The van der Waals surface area contributed by atoms with Crippen LogP contribution in [0.1, 0.15) is 5.56 Å². The fourth-order valence-corrected chi connectivity index (χ4v) is 1.42. The minimum atomic E-state index is -3.07. The number of carbonyl (C=O) groups excluding carboxylic acids is 1. The van der Waals surface area contributed by atoms with E-state index in [1.807, 2.05) is 0 Å². The third-order valence-electron chi connectivity index (χ3n) is 2.03. The maximum Gasteiger partial charge on any atom is 0.387 e. The number of esters is 1. The first-order valence-electron chi connectivity index (χ1n) is 5.07. The number of benzene rings is 1. The number of alkyl halides is 2. The highest BCUT2D eigenvalue weighted by Crippen LogP contribution is 2.27. The zero-order valence-corrected chi connectivity index (χ0v) is 10.8. The number of carbonyl (C=O) groups is 1. The second-order valence-electron chi connectivity index (χ2n) is 3.27. The zero-order valence-electron chi connectivity index (χ0n) is 10.1. The van der Waals surface area contributed by atoms with Crippen molar-refractivity contribution in [2.24, 2.45) is 5.11 Å². The zero-order chi connectivity index (χ0) is 15.1. The molecule has 0 unspecified atom stereocenters. The second kappa shape index (κ2) is 7.32. The predicted octanol–water partition coefficient (Wildman–Crippen LogP) is 3.77. The topological polar surface area (TPSA) is 84.3 Å². The molecule has 0 spiro atoms. The van der Waals surface area contributed by atoms with Crippen molar-refractivity contribution < 1.29 is 23.0 Å². The Hall–Kier alpha value is -2.31. The number of azide groups is 1. The van der Waals surface area contributed by atoms with Crippen LogP contribution in [0, 0.1) is 0 Å². The van der Waals surface area contributed by atoms with Gasteiger partial charge in [0, 0.05) is 15.5 Å². The number of hydrogen-bond donors (Lipinski definition) is 0. The monoisotopic (exact) mass is 303 g/mol. The van der Waals surface area contributed by atoms with Crippen molar-refractivity contribution in [2.75, 3.05) is 7.11 Å². The molecule has 0 aliphatic rings. The molecule has 9 heteroatoms. The van der Waals surface area contributed by atoms with Crippen LogP contribution in [0.4, 0.5) is 8.78 Å². The predicted molar refractivity (Wildman–Crippen MR) is 67.2 cm³/mol. The van der Waals surface area contributed by atoms with Crippen LogP contribution >= 0.6 is 11.6 Å². The molecule has 1 aromatic rings. The molecule has 0 radical (unpaired) electrons. The molecule has 1 aromatic carbocycles. The molecule has 0 aliphatic carbocycles. The Morgan fingerprint density at radius 3 is 2.80 bits per heavy atom. The van der Waals surface area contributed by atoms with Crippen LogP contribution in [0.3, 0.4) is 0 Å². The summed E-state index contributed by atoms with van der Waals surface area (Å²) in [7, 11) is 1.08. The van der Waals surface area contributed by atoms with Crippen LogP contribution in [-0.2, 0) is 9.53 Å². The van der Waals surface area contributed by atoms with Gasteiger partial charge < -0.3 is 9.47 Å². The summed E-state index contributed by atoms with van der Waals surface area (Å²) >= 11 is 5.67. The van der Waals surface area contributed by atoms with Gasteiger partial charge in [-0.05, 0) is 29.8 Å². The van der Waals surface area contributed by atoms with Gasteiger partial charge in [-0.3, -0.25) is 0 Å². The Kier molecular flexibility index (Phi) is 5.76. The molecule has 0 fully saturated rings. The molecule has 0 saturated heterocycles. The molecule has 0 amide bonds. The first-order valence-corrected chi connectivity index (χ1v) is 5.45. The van der Waals surface area contributed by atoms with Crippen LogP contribution in [0.15, 0.2) is 29.0 Å². The standard InChI is InChI=1S/C11H8ClF2N3O3/c1-19-10(18)8(16-17-15)4-6-2-3-7(12)5-9(6)20-11(13)14/h2-5,11H,1H3. The highest BCUT2D eigenvalue weighted by atomic mass is 35.5. The van der Waals surface area contributed by atoms with E-state index in [4.69, 9.17) is 17.1 Å². The third kappa shape index (κ3) is 4.42. The molecule has 0 atom stereocenters. The molecule has 0 N–H and O–H groups in total. The molecule has 0 aliphatic heterocycles. The Morgan fingerprint density at radius 1 is 1.55 bits per heavy atom. The van der Waals surface area contributed by atoms with Gasteiger partial charge in [-0.2, -0.15) is 8.78 Å². The number of nitrogens with zero attached hydrogens (tertiary/aromatic N) is 3. The summed E-state index contributed by atoms with van der Waals surface area (Å²) in [5.41, 5.74) is 8.03. The molecule has 20 heavy (non-hydrogen) atoms. The van der Waals surface area contributed by atoms with Crippen molar-refractivity contribution in [3.8, 4) is 5.75 Å². The number of halogens is 3. The minimum Gasteiger partial charge on any atom is -0.466 e. The van der Waals surface area contributed by atoms with Crippen molar-refractivity contribution in [2.45, 2.75) is 6.61 Å². The number of rotatable bonds is 5. The van der Waals surface area contributed by atoms with E-state index in [2.05, 4.69) is 19.5 Å². The summed E-state index contributed by atoms with van der Waals surface area (Å²) in [4.78, 5) is 13.8. The van der Waals surface area contributed by atoms with E-state index in [0.29, 0.717) is 0 Å².